The van der Waals surface area contributed by atoms with Crippen LogP contribution in [0.15, 0.2) is 187 Å². The van der Waals surface area contributed by atoms with Crippen molar-refractivity contribution in [3.05, 3.63) is 203 Å². The summed E-state index contributed by atoms with van der Waals surface area (Å²) in [7, 11) is 0. The summed E-state index contributed by atoms with van der Waals surface area (Å²) in [4.78, 5) is 7.37. The van der Waals surface area contributed by atoms with Gasteiger partial charge in [-0.3, -0.25) is 0 Å². The van der Waals surface area contributed by atoms with Crippen molar-refractivity contribution < 1.29 is 0 Å². The summed E-state index contributed by atoms with van der Waals surface area (Å²) in [6.45, 7) is 35.3. The fraction of sp³-hybridized carbons (Fsp3) is 0.273. The first-order valence-corrected chi connectivity index (χ1v) is 21.0. The zero-order valence-corrected chi connectivity index (χ0v) is 37.0. The molecule has 298 valence electrons. The SMILES string of the molecule is C=CC1=C(/C=C\C)N(c2cc(N3C(/C=C\C)=C(C=C)C(C)(C)c4ccccc43)cc(N3c4ccccc4C(C)(C)c4ccccc43)c2)C(/C=C\C)=C(C)C1(C)C.CC. The highest BCUT2D eigenvalue weighted by Crippen LogP contribution is 2.56. The summed E-state index contributed by atoms with van der Waals surface area (Å²) in [5.74, 6) is 0. The number of para-hydroxylation sites is 3. The van der Waals surface area contributed by atoms with E-state index in [0.29, 0.717) is 0 Å². The predicted octanol–water partition coefficient (Wildman–Crippen LogP) is 16.0. The highest BCUT2D eigenvalue weighted by Gasteiger charge is 2.41. The van der Waals surface area contributed by atoms with Gasteiger partial charge in [0.05, 0.1) is 34.1 Å². The molecule has 0 bridgehead atoms. The summed E-state index contributed by atoms with van der Waals surface area (Å²) < 4.78 is 0. The first-order valence-electron chi connectivity index (χ1n) is 21.0. The smallest absolute Gasteiger partial charge is 0.0503 e. The molecule has 0 spiro atoms. The Labute approximate surface area is 350 Å². The van der Waals surface area contributed by atoms with Crippen LogP contribution in [0.25, 0.3) is 0 Å². The molecule has 3 heteroatoms. The highest BCUT2D eigenvalue weighted by atomic mass is 15.2. The average molecular weight is 766 g/mol. The van der Waals surface area contributed by atoms with Gasteiger partial charge in [-0.2, -0.15) is 0 Å². The minimum Gasteiger partial charge on any atom is -0.310 e. The Morgan fingerprint density at radius 1 is 0.448 bits per heavy atom. The zero-order valence-electron chi connectivity index (χ0n) is 37.0. The number of anilines is 6. The molecule has 0 radical (unpaired) electrons. The Balaban J connectivity index is 0.00000279. The van der Waals surface area contributed by atoms with Gasteiger partial charge >= 0.3 is 0 Å². The Hall–Kier alpha value is -5.80. The van der Waals surface area contributed by atoms with E-state index in [1.54, 1.807) is 0 Å². The van der Waals surface area contributed by atoms with Gasteiger partial charge in [0.15, 0.2) is 0 Å². The van der Waals surface area contributed by atoms with E-state index in [1.165, 1.54) is 44.8 Å². The van der Waals surface area contributed by atoms with Gasteiger partial charge in [0.1, 0.15) is 0 Å². The van der Waals surface area contributed by atoms with Crippen LogP contribution in [0, 0.1) is 5.41 Å². The van der Waals surface area contributed by atoms with E-state index >= 15 is 0 Å². The third kappa shape index (κ3) is 6.55. The average Bonchev–Trinajstić information content (AvgIpc) is 3.21. The molecule has 0 saturated carbocycles. The molecule has 0 atom stereocenters. The van der Waals surface area contributed by atoms with Crippen molar-refractivity contribution in [2.75, 3.05) is 14.7 Å². The van der Waals surface area contributed by atoms with Crippen LogP contribution in [0.4, 0.5) is 34.1 Å². The Morgan fingerprint density at radius 3 is 1.24 bits per heavy atom. The van der Waals surface area contributed by atoms with Crippen molar-refractivity contribution in [2.24, 2.45) is 5.41 Å². The molecular formula is C55H63N3. The standard InChI is InChI=1S/C53H57N3.C2H6/c1-13-24-45-36(6)51(7,8)40(16-4)46(25-14-2)54(45)37-33-38(55-47(26-15-3)41(17-5)52(9,10)42-27-18-21-30-48(42)55)35-39(34-37)56-49-31-22-19-28-43(49)53(11,12)44-29-20-23-32-50(44)56;1-2/h13-35H,4-5H2,1-3,6-12H3;1-2H3/b24-13-,25-14-,26-15-;. The van der Waals surface area contributed by atoms with Crippen LogP contribution in [0.5, 0.6) is 0 Å². The first kappa shape index (κ1) is 41.8. The van der Waals surface area contributed by atoms with Crippen molar-refractivity contribution in [1.82, 2.24) is 0 Å². The van der Waals surface area contributed by atoms with Gasteiger partial charge in [0.2, 0.25) is 0 Å². The van der Waals surface area contributed by atoms with Crippen molar-refractivity contribution in [2.45, 2.75) is 93.9 Å². The van der Waals surface area contributed by atoms with Crippen molar-refractivity contribution in [3.8, 4) is 0 Å². The van der Waals surface area contributed by atoms with E-state index in [4.69, 9.17) is 0 Å². The zero-order chi connectivity index (χ0) is 42.2. The molecule has 0 aliphatic carbocycles. The number of rotatable bonds is 8. The van der Waals surface area contributed by atoms with Crippen LogP contribution in [-0.2, 0) is 10.8 Å². The van der Waals surface area contributed by atoms with E-state index in [1.807, 2.05) is 13.8 Å². The highest BCUT2D eigenvalue weighted by molar-refractivity contribution is 5.91. The topological polar surface area (TPSA) is 9.72 Å². The Bertz CT molecular complexity index is 2390. The van der Waals surface area contributed by atoms with Crippen LogP contribution < -0.4 is 14.7 Å². The molecule has 3 aliphatic rings. The van der Waals surface area contributed by atoms with Crippen LogP contribution in [0.1, 0.15) is 99.8 Å². The molecule has 3 heterocycles. The van der Waals surface area contributed by atoms with Gasteiger partial charge in [0.25, 0.3) is 0 Å². The second kappa shape index (κ2) is 16.2. The van der Waals surface area contributed by atoms with Gasteiger partial charge in [-0.25, -0.2) is 0 Å². The monoisotopic (exact) mass is 766 g/mol. The van der Waals surface area contributed by atoms with Crippen molar-refractivity contribution >= 4 is 34.1 Å². The molecule has 0 amide bonds. The number of allylic oxidation sites excluding steroid dienone is 11. The van der Waals surface area contributed by atoms with Crippen molar-refractivity contribution in [1.29, 1.82) is 0 Å². The van der Waals surface area contributed by atoms with E-state index in [2.05, 4.69) is 237 Å². The summed E-state index contributed by atoms with van der Waals surface area (Å²) in [6.07, 6.45) is 17.3. The molecule has 0 fully saturated rings. The Morgan fingerprint density at radius 2 is 0.793 bits per heavy atom. The third-order valence-corrected chi connectivity index (χ3v) is 12.4. The second-order valence-corrected chi connectivity index (χ2v) is 16.7. The molecule has 0 N–H and O–H groups in total. The van der Waals surface area contributed by atoms with Gasteiger partial charge in [0, 0.05) is 33.3 Å². The van der Waals surface area contributed by atoms with E-state index in [9.17, 15) is 0 Å². The van der Waals surface area contributed by atoms with Crippen LogP contribution in [-0.4, -0.2) is 0 Å². The van der Waals surface area contributed by atoms with Crippen molar-refractivity contribution in [3.63, 3.8) is 0 Å². The van der Waals surface area contributed by atoms with Gasteiger partial charge in [-0.15, -0.1) is 0 Å². The summed E-state index contributed by atoms with van der Waals surface area (Å²) in [5.41, 5.74) is 17.0. The normalized spacial score (nSPS) is 18.0. The number of hydrogen-bond acceptors (Lipinski definition) is 3. The quantitative estimate of drug-likeness (QED) is 0.177. The van der Waals surface area contributed by atoms with E-state index < -0.39 is 0 Å². The number of benzene rings is 4. The lowest BCUT2D eigenvalue weighted by Crippen LogP contribution is -2.35. The first-order chi connectivity index (χ1) is 27.8. The minimum absolute atomic E-state index is 0.180. The van der Waals surface area contributed by atoms with Crippen LogP contribution in [0.3, 0.4) is 0 Å². The minimum atomic E-state index is -0.251. The molecule has 3 nitrogen and oxygen atoms in total. The fourth-order valence-corrected chi connectivity index (χ4v) is 9.36. The summed E-state index contributed by atoms with van der Waals surface area (Å²) in [6, 6.07) is 33.8. The number of hydrogen-bond donors (Lipinski definition) is 0. The number of nitrogens with zero attached hydrogens (tertiary/aromatic N) is 3. The fourth-order valence-electron chi connectivity index (χ4n) is 9.36. The van der Waals surface area contributed by atoms with Crippen LogP contribution >= 0.6 is 0 Å². The summed E-state index contributed by atoms with van der Waals surface area (Å²) >= 11 is 0. The molecular weight excluding hydrogens is 703 g/mol. The molecule has 0 unspecified atom stereocenters. The maximum absolute atomic E-state index is 4.39. The second-order valence-electron chi connectivity index (χ2n) is 16.7. The largest absolute Gasteiger partial charge is 0.310 e. The maximum Gasteiger partial charge on any atom is 0.0503 e. The molecule has 0 aromatic heterocycles. The molecule has 3 aliphatic heterocycles. The molecule has 4 aromatic carbocycles. The molecule has 0 saturated heterocycles. The maximum atomic E-state index is 4.39. The van der Waals surface area contributed by atoms with Gasteiger partial charge in [-0.1, -0.05) is 154 Å². The predicted molar refractivity (Wildman–Crippen MR) is 254 cm³/mol. The summed E-state index contributed by atoms with van der Waals surface area (Å²) in [5, 5.41) is 0. The van der Waals surface area contributed by atoms with E-state index in [0.717, 1.165) is 39.8 Å². The molecule has 4 aromatic rings. The van der Waals surface area contributed by atoms with E-state index in [-0.39, 0.29) is 16.2 Å². The van der Waals surface area contributed by atoms with Gasteiger partial charge in [-0.05, 0) is 116 Å². The van der Waals surface area contributed by atoms with Gasteiger partial charge < -0.3 is 14.7 Å². The lowest BCUT2D eigenvalue weighted by molar-refractivity contribution is 0.529. The lowest BCUT2D eigenvalue weighted by Gasteiger charge is -2.45. The molecule has 58 heavy (non-hydrogen) atoms. The third-order valence-electron chi connectivity index (χ3n) is 12.4. The lowest BCUT2D eigenvalue weighted by atomic mass is 9.72. The molecule has 7 rings (SSSR count). The van der Waals surface area contributed by atoms with Crippen LogP contribution in [0.2, 0.25) is 0 Å². The number of fused-ring (bicyclic) bond motifs is 3. The Kier molecular flexibility index (Phi) is 11.7.